The number of halogens is 1. The maximum Gasteiger partial charge on any atom is 0.173 e. The number of nitrogens with one attached hydrogen (secondary N) is 1. The molecule has 1 aromatic carbocycles. The smallest absolute Gasteiger partial charge is 0.173 e. The Morgan fingerprint density at radius 3 is 2.84 bits per heavy atom. The van der Waals surface area contributed by atoms with E-state index in [1.165, 1.54) is 0 Å². The largest absolute Gasteiger partial charge is 0.384 e. The van der Waals surface area contributed by atoms with Crippen LogP contribution in [0.5, 0.6) is 0 Å². The van der Waals surface area contributed by atoms with Gasteiger partial charge in [0.05, 0.1) is 16.7 Å². The fraction of sp³-hybridized carbons (Fsp3) is 0. The number of hydrogen-bond acceptors (Lipinski definition) is 3. The van der Waals surface area contributed by atoms with Crippen LogP contribution >= 0.6 is 11.6 Å². The molecule has 94 valence electrons. The number of amidine groups is 1. The molecule has 0 aliphatic heterocycles. The van der Waals surface area contributed by atoms with Gasteiger partial charge >= 0.3 is 0 Å². The van der Waals surface area contributed by atoms with Crippen LogP contribution in [0, 0.1) is 5.41 Å². The van der Waals surface area contributed by atoms with Crippen molar-refractivity contribution in [2.45, 2.75) is 0 Å². The van der Waals surface area contributed by atoms with Crippen LogP contribution in [0.3, 0.4) is 0 Å². The molecule has 0 saturated heterocycles. The van der Waals surface area contributed by atoms with Gasteiger partial charge in [-0.1, -0.05) is 29.8 Å². The van der Waals surface area contributed by atoms with Crippen molar-refractivity contribution in [3.63, 3.8) is 0 Å². The van der Waals surface area contributed by atoms with E-state index in [0.29, 0.717) is 16.4 Å². The lowest BCUT2D eigenvalue weighted by Crippen LogP contribution is -2.13. The molecule has 0 spiro atoms. The lowest BCUT2D eigenvalue weighted by Gasteiger charge is -2.08. The van der Waals surface area contributed by atoms with Crippen LogP contribution in [0.25, 0.3) is 16.7 Å². The average molecular weight is 272 g/mol. The minimum Gasteiger partial charge on any atom is -0.384 e. The number of hydrogen-bond donors (Lipinski definition) is 2. The Bertz CT molecular complexity index is 778. The van der Waals surface area contributed by atoms with E-state index in [4.69, 9.17) is 22.7 Å². The Balaban J connectivity index is 2.28. The van der Waals surface area contributed by atoms with Gasteiger partial charge in [0.1, 0.15) is 5.84 Å². The highest BCUT2D eigenvalue weighted by Gasteiger charge is 2.13. The summed E-state index contributed by atoms with van der Waals surface area (Å²) < 4.78 is 1.64. The molecule has 0 fully saturated rings. The minimum atomic E-state index is -0.0925. The first-order valence-electron chi connectivity index (χ1n) is 5.60. The summed E-state index contributed by atoms with van der Waals surface area (Å²) in [7, 11) is 0. The van der Waals surface area contributed by atoms with Crippen molar-refractivity contribution < 1.29 is 0 Å². The molecule has 6 heteroatoms. The molecule has 0 aliphatic rings. The molecular formula is C13H10ClN5. The summed E-state index contributed by atoms with van der Waals surface area (Å²) in [6.07, 6.45) is 3.31. The van der Waals surface area contributed by atoms with Crippen LogP contribution in [-0.2, 0) is 0 Å². The minimum absolute atomic E-state index is 0.0925. The first-order valence-corrected chi connectivity index (χ1v) is 5.98. The van der Waals surface area contributed by atoms with E-state index in [-0.39, 0.29) is 5.84 Å². The number of para-hydroxylation sites is 1. The van der Waals surface area contributed by atoms with Crippen molar-refractivity contribution in [2.75, 3.05) is 0 Å². The molecule has 2 aromatic heterocycles. The van der Waals surface area contributed by atoms with E-state index >= 15 is 0 Å². The maximum atomic E-state index is 7.50. The molecule has 0 unspecified atom stereocenters. The first-order chi connectivity index (χ1) is 9.18. The third-order valence-corrected chi connectivity index (χ3v) is 3.21. The number of aromatic nitrogens is 3. The third-order valence-electron chi connectivity index (χ3n) is 2.84. The van der Waals surface area contributed by atoms with Crippen molar-refractivity contribution in [3.05, 3.63) is 53.3 Å². The lowest BCUT2D eigenvalue weighted by atomic mass is 10.2. The molecule has 3 rings (SSSR count). The highest BCUT2D eigenvalue weighted by molar-refractivity contribution is 6.35. The second-order valence-electron chi connectivity index (χ2n) is 4.02. The van der Waals surface area contributed by atoms with E-state index in [0.717, 1.165) is 10.9 Å². The molecule has 5 nitrogen and oxygen atoms in total. The number of benzene rings is 1. The number of nitrogens with zero attached hydrogens (tertiary/aromatic N) is 3. The zero-order valence-corrected chi connectivity index (χ0v) is 10.6. The summed E-state index contributed by atoms with van der Waals surface area (Å²) in [6.45, 7) is 0. The van der Waals surface area contributed by atoms with Gasteiger partial charge in [-0.3, -0.25) is 5.41 Å². The third kappa shape index (κ3) is 1.84. The van der Waals surface area contributed by atoms with Crippen molar-refractivity contribution in [1.82, 2.24) is 14.8 Å². The molecule has 0 atom stereocenters. The van der Waals surface area contributed by atoms with Crippen LogP contribution in [0.15, 0.2) is 42.7 Å². The Morgan fingerprint density at radius 2 is 2.05 bits per heavy atom. The van der Waals surface area contributed by atoms with E-state index in [1.807, 2.05) is 24.3 Å². The van der Waals surface area contributed by atoms with Gasteiger partial charge in [0, 0.05) is 17.1 Å². The highest BCUT2D eigenvalue weighted by Crippen LogP contribution is 2.25. The summed E-state index contributed by atoms with van der Waals surface area (Å²) in [5.41, 5.74) is 6.84. The molecule has 3 aromatic rings. The number of rotatable bonds is 2. The van der Waals surface area contributed by atoms with Gasteiger partial charge in [0.2, 0.25) is 0 Å². The Hall–Kier alpha value is -2.40. The maximum absolute atomic E-state index is 7.50. The van der Waals surface area contributed by atoms with Crippen LogP contribution in [0.1, 0.15) is 5.56 Å². The molecule has 3 N–H and O–H groups in total. The molecule has 19 heavy (non-hydrogen) atoms. The highest BCUT2D eigenvalue weighted by atomic mass is 35.5. The van der Waals surface area contributed by atoms with Gasteiger partial charge in [-0.05, 0) is 12.1 Å². The first kappa shape index (κ1) is 11.7. The number of fused-ring (bicyclic) bond motifs is 1. The lowest BCUT2D eigenvalue weighted by molar-refractivity contribution is 0.874. The van der Waals surface area contributed by atoms with Crippen LogP contribution < -0.4 is 5.73 Å². The SMILES string of the molecule is N=C(N)c1ccnc(-n2ncc3ccccc32)c1Cl. The summed E-state index contributed by atoms with van der Waals surface area (Å²) >= 11 is 6.25. The predicted molar refractivity (Wildman–Crippen MR) is 74.9 cm³/mol. The summed E-state index contributed by atoms with van der Waals surface area (Å²) in [4.78, 5) is 4.23. The Labute approximate surface area is 114 Å². The van der Waals surface area contributed by atoms with Crippen LogP contribution in [-0.4, -0.2) is 20.6 Å². The van der Waals surface area contributed by atoms with E-state index in [9.17, 15) is 0 Å². The zero-order valence-electron chi connectivity index (χ0n) is 9.84. The summed E-state index contributed by atoms with van der Waals surface area (Å²) in [5.74, 6) is 0.376. The molecule has 0 bridgehead atoms. The van der Waals surface area contributed by atoms with E-state index < -0.39 is 0 Å². The van der Waals surface area contributed by atoms with Gasteiger partial charge in [-0.25, -0.2) is 9.67 Å². The molecule has 0 aliphatic carbocycles. The fourth-order valence-electron chi connectivity index (χ4n) is 1.93. The standard InChI is InChI=1S/C13H10ClN5/c14-11-9(12(15)16)5-6-17-13(11)19-10-4-2-1-3-8(10)7-18-19/h1-7H,(H3,15,16). The summed E-state index contributed by atoms with van der Waals surface area (Å²) in [5, 5.41) is 13.1. The monoisotopic (exact) mass is 271 g/mol. The molecule has 0 radical (unpaired) electrons. The van der Waals surface area contributed by atoms with Crippen molar-refractivity contribution in [1.29, 1.82) is 5.41 Å². The predicted octanol–water partition coefficient (Wildman–Crippen LogP) is 2.36. The number of pyridine rings is 1. The Kier molecular flexibility index (Phi) is 2.68. The fourth-order valence-corrected chi connectivity index (χ4v) is 2.22. The molecule has 0 saturated carbocycles. The normalized spacial score (nSPS) is 10.8. The van der Waals surface area contributed by atoms with Gasteiger partial charge in [-0.15, -0.1) is 0 Å². The Morgan fingerprint density at radius 1 is 1.26 bits per heavy atom. The second kappa shape index (κ2) is 4.37. The van der Waals surface area contributed by atoms with Crippen molar-refractivity contribution in [3.8, 4) is 5.82 Å². The van der Waals surface area contributed by atoms with Gasteiger partial charge in [0.25, 0.3) is 0 Å². The van der Waals surface area contributed by atoms with Crippen LogP contribution in [0.2, 0.25) is 5.02 Å². The molecule has 0 amide bonds. The number of nitrogens with two attached hydrogens (primary N) is 1. The quantitative estimate of drug-likeness (QED) is 0.554. The van der Waals surface area contributed by atoms with Gasteiger partial charge in [0.15, 0.2) is 5.82 Å². The van der Waals surface area contributed by atoms with Crippen molar-refractivity contribution >= 4 is 28.3 Å². The summed E-state index contributed by atoms with van der Waals surface area (Å²) in [6, 6.07) is 9.36. The topological polar surface area (TPSA) is 80.6 Å². The zero-order chi connectivity index (χ0) is 13.4. The van der Waals surface area contributed by atoms with E-state index in [2.05, 4.69) is 10.1 Å². The van der Waals surface area contributed by atoms with Crippen LogP contribution in [0.4, 0.5) is 0 Å². The molecular weight excluding hydrogens is 262 g/mol. The van der Waals surface area contributed by atoms with Gasteiger partial charge < -0.3 is 5.73 Å². The number of nitrogen functional groups attached to an aromatic ring is 1. The second-order valence-corrected chi connectivity index (χ2v) is 4.40. The average Bonchev–Trinajstić information content (AvgIpc) is 2.82. The van der Waals surface area contributed by atoms with E-state index in [1.54, 1.807) is 23.1 Å². The van der Waals surface area contributed by atoms with Crippen molar-refractivity contribution in [2.24, 2.45) is 5.73 Å². The van der Waals surface area contributed by atoms with Gasteiger partial charge in [-0.2, -0.15) is 5.10 Å². The molecule has 2 heterocycles.